The highest BCUT2D eigenvalue weighted by Crippen LogP contribution is 2.26. The first-order valence-corrected chi connectivity index (χ1v) is 9.91. The molecule has 2 heterocycles. The molecule has 6 heteroatoms. The van der Waals surface area contributed by atoms with Gasteiger partial charge in [-0.2, -0.15) is 0 Å². The quantitative estimate of drug-likeness (QED) is 0.490. The number of para-hydroxylation sites is 2. The summed E-state index contributed by atoms with van der Waals surface area (Å²) in [5.74, 6) is 1.98. The van der Waals surface area contributed by atoms with Gasteiger partial charge in [-0.05, 0) is 42.7 Å². The highest BCUT2D eigenvalue weighted by atomic mass is 16.5. The van der Waals surface area contributed by atoms with Crippen LogP contribution in [0.4, 0.5) is 0 Å². The highest BCUT2D eigenvalue weighted by molar-refractivity contribution is 5.88. The number of rotatable bonds is 7. The van der Waals surface area contributed by atoms with E-state index >= 15 is 0 Å². The minimum atomic E-state index is -0.161. The second kappa shape index (κ2) is 7.99. The molecule has 6 nitrogen and oxygen atoms in total. The number of carbonyl (C=O) groups excluding carboxylic acids is 1. The maximum absolute atomic E-state index is 12.9. The lowest BCUT2D eigenvalue weighted by Crippen LogP contribution is -2.32. The number of hydrogen-bond donors (Lipinski definition) is 2. The second-order valence-corrected chi connectivity index (χ2v) is 7.73. The smallest absolute Gasteiger partial charge is 0.240 e. The van der Waals surface area contributed by atoms with Gasteiger partial charge in [0.15, 0.2) is 0 Å². The lowest BCUT2D eigenvalue weighted by Gasteiger charge is -2.19. The molecular formula is C23H26N4O2. The zero-order valence-electron chi connectivity index (χ0n) is 17.0. The number of carbonyl (C=O) groups is 1. The molecule has 0 unspecified atom stereocenters. The van der Waals surface area contributed by atoms with E-state index in [9.17, 15) is 4.79 Å². The predicted molar refractivity (Wildman–Crippen MR) is 115 cm³/mol. The Kier molecular flexibility index (Phi) is 5.25. The summed E-state index contributed by atoms with van der Waals surface area (Å²) in [6, 6.07) is 15.6. The van der Waals surface area contributed by atoms with Gasteiger partial charge in [0.05, 0.1) is 29.7 Å². The van der Waals surface area contributed by atoms with Crippen LogP contribution in [0.15, 0.2) is 54.7 Å². The van der Waals surface area contributed by atoms with E-state index < -0.39 is 0 Å². The van der Waals surface area contributed by atoms with Gasteiger partial charge in [-0.1, -0.05) is 32.0 Å². The van der Waals surface area contributed by atoms with E-state index in [1.807, 2.05) is 59.3 Å². The Bertz CT molecular complexity index is 1110. The molecule has 2 aromatic carbocycles. The molecule has 0 aliphatic heterocycles. The van der Waals surface area contributed by atoms with Crippen molar-refractivity contribution >= 4 is 27.8 Å². The van der Waals surface area contributed by atoms with E-state index in [0.29, 0.717) is 5.92 Å². The monoisotopic (exact) mass is 390 g/mol. The fourth-order valence-corrected chi connectivity index (χ4v) is 3.75. The molecule has 1 amide bonds. The third-order valence-electron chi connectivity index (χ3n) is 5.09. The molecule has 0 saturated heterocycles. The standard InChI is InChI=1S/C23H26N4O2/c1-15(2)13-19(23-25-17-7-4-5-8-18(17)26-23)24-22(28)14-27-12-11-16-20(27)9-6-10-21(16)29-3/h4-12,15,19H,13-14H2,1-3H3,(H,24,28)(H,25,26)/t19-/m0/s1. The molecule has 0 aliphatic rings. The van der Waals surface area contributed by atoms with Crippen LogP contribution in [0, 0.1) is 5.92 Å². The molecule has 1 atom stereocenters. The predicted octanol–water partition coefficient (Wildman–Crippen LogP) is 4.43. The first kappa shape index (κ1) is 19.1. The third kappa shape index (κ3) is 3.97. The Morgan fingerprint density at radius 3 is 2.76 bits per heavy atom. The summed E-state index contributed by atoms with van der Waals surface area (Å²) in [5.41, 5.74) is 2.87. The molecule has 0 spiro atoms. The number of nitrogens with zero attached hydrogens (tertiary/aromatic N) is 2. The molecule has 4 rings (SSSR count). The average Bonchev–Trinajstić information content (AvgIpc) is 3.31. The van der Waals surface area contributed by atoms with Crippen LogP contribution < -0.4 is 10.1 Å². The van der Waals surface area contributed by atoms with Crippen molar-refractivity contribution in [3.63, 3.8) is 0 Å². The molecule has 0 fully saturated rings. The number of aromatic amines is 1. The van der Waals surface area contributed by atoms with Crippen molar-refractivity contribution < 1.29 is 9.53 Å². The number of benzene rings is 2. The Morgan fingerprint density at radius 1 is 1.17 bits per heavy atom. The van der Waals surface area contributed by atoms with Crippen LogP contribution in [0.25, 0.3) is 21.9 Å². The summed E-state index contributed by atoms with van der Waals surface area (Å²) in [4.78, 5) is 20.9. The van der Waals surface area contributed by atoms with Crippen molar-refractivity contribution in [3.8, 4) is 5.75 Å². The van der Waals surface area contributed by atoms with Gasteiger partial charge < -0.3 is 19.6 Å². The van der Waals surface area contributed by atoms with Crippen molar-refractivity contribution in [3.05, 3.63) is 60.6 Å². The number of imidazole rings is 1. The lowest BCUT2D eigenvalue weighted by atomic mass is 10.0. The number of nitrogens with one attached hydrogen (secondary N) is 2. The minimum Gasteiger partial charge on any atom is -0.496 e. The summed E-state index contributed by atoms with van der Waals surface area (Å²) in [5, 5.41) is 4.17. The van der Waals surface area contributed by atoms with Crippen molar-refractivity contribution in [2.75, 3.05) is 7.11 Å². The van der Waals surface area contributed by atoms with Crippen molar-refractivity contribution in [2.45, 2.75) is 32.9 Å². The fraction of sp³-hybridized carbons (Fsp3) is 0.304. The second-order valence-electron chi connectivity index (χ2n) is 7.73. The van der Waals surface area contributed by atoms with Crippen molar-refractivity contribution in [1.82, 2.24) is 19.9 Å². The van der Waals surface area contributed by atoms with E-state index in [2.05, 4.69) is 24.1 Å². The van der Waals surface area contributed by atoms with E-state index in [-0.39, 0.29) is 18.5 Å². The van der Waals surface area contributed by atoms with Gasteiger partial charge in [-0.15, -0.1) is 0 Å². The minimum absolute atomic E-state index is 0.0450. The molecule has 0 radical (unpaired) electrons. The number of ether oxygens (including phenoxy) is 1. The average molecular weight is 390 g/mol. The summed E-state index contributed by atoms with van der Waals surface area (Å²) < 4.78 is 7.36. The van der Waals surface area contributed by atoms with Crippen molar-refractivity contribution in [1.29, 1.82) is 0 Å². The van der Waals surface area contributed by atoms with Gasteiger partial charge >= 0.3 is 0 Å². The molecule has 2 N–H and O–H groups in total. The largest absolute Gasteiger partial charge is 0.496 e. The van der Waals surface area contributed by atoms with Crippen LogP contribution in [0.2, 0.25) is 0 Å². The van der Waals surface area contributed by atoms with E-state index in [1.165, 1.54) is 0 Å². The van der Waals surface area contributed by atoms with Gasteiger partial charge in [0.25, 0.3) is 0 Å². The van der Waals surface area contributed by atoms with Crippen LogP contribution in [-0.4, -0.2) is 27.6 Å². The molecule has 4 aromatic rings. The number of hydrogen-bond acceptors (Lipinski definition) is 3. The van der Waals surface area contributed by atoms with Gasteiger partial charge in [0, 0.05) is 11.6 Å². The topological polar surface area (TPSA) is 71.9 Å². The van der Waals surface area contributed by atoms with Crippen LogP contribution >= 0.6 is 0 Å². The normalized spacial score (nSPS) is 12.6. The number of fused-ring (bicyclic) bond motifs is 2. The summed E-state index contributed by atoms with van der Waals surface area (Å²) in [7, 11) is 1.66. The Balaban J connectivity index is 1.55. The highest BCUT2D eigenvalue weighted by Gasteiger charge is 2.20. The Morgan fingerprint density at radius 2 is 2.00 bits per heavy atom. The maximum atomic E-state index is 12.9. The summed E-state index contributed by atoms with van der Waals surface area (Å²) >= 11 is 0. The fourth-order valence-electron chi connectivity index (χ4n) is 3.75. The number of methoxy groups -OCH3 is 1. The van der Waals surface area contributed by atoms with Gasteiger partial charge in [-0.25, -0.2) is 4.98 Å². The van der Waals surface area contributed by atoms with Crippen LogP contribution in [0.1, 0.15) is 32.1 Å². The van der Waals surface area contributed by atoms with Gasteiger partial charge in [0.2, 0.25) is 5.91 Å². The Hall–Kier alpha value is -3.28. The molecule has 0 aliphatic carbocycles. The number of H-pyrrole nitrogens is 1. The molecule has 29 heavy (non-hydrogen) atoms. The van der Waals surface area contributed by atoms with Gasteiger partial charge in [-0.3, -0.25) is 4.79 Å². The van der Waals surface area contributed by atoms with Crippen LogP contribution in [-0.2, 0) is 11.3 Å². The van der Waals surface area contributed by atoms with E-state index in [0.717, 1.165) is 39.9 Å². The third-order valence-corrected chi connectivity index (χ3v) is 5.09. The lowest BCUT2D eigenvalue weighted by molar-refractivity contribution is -0.122. The van der Waals surface area contributed by atoms with Gasteiger partial charge in [0.1, 0.15) is 18.1 Å². The van der Waals surface area contributed by atoms with E-state index in [1.54, 1.807) is 7.11 Å². The molecule has 0 bridgehead atoms. The van der Waals surface area contributed by atoms with Crippen LogP contribution in [0.3, 0.4) is 0 Å². The molecule has 150 valence electrons. The first-order chi connectivity index (χ1) is 14.0. The zero-order chi connectivity index (χ0) is 20.4. The van der Waals surface area contributed by atoms with Crippen LogP contribution in [0.5, 0.6) is 5.75 Å². The Labute approximate surface area is 169 Å². The van der Waals surface area contributed by atoms with E-state index in [4.69, 9.17) is 9.72 Å². The number of amides is 1. The molecule has 2 aromatic heterocycles. The SMILES string of the molecule is COc1cccc2c1ccn2CC(=O)N[C@@H](CC(C)C)c1nc2ccccc2[nH]1. The first-order valence-electron chi connectivity index (χ1n) is 9.91. The summed E-state index contributed by atoms with van der Waals surface area (Å²) in [6.45, 7) is 4.53. The zero-order valence-corrected chi connectivity index (χ0v) is 17.0. The molecular weight excluding hydrogens is 364 g/mol. The number of aromatic nitrogens is 3. The van der Waals surface area contributed by atoms with Crippen molar-refractivity contribution in [2.24, 2.45) is 5.92 Å². The molecule has 0 saturated carbocycles. The summed E-state index contributed by atoms with van der Waals surface area (Å²) in [6.07, 6.45) is 2.73. The maximum Gasteiger partial charge on any atom is 0.240 e.